The number of benzene rings is 3. The summed E-state index contributed by atoms with van der Waals surface area (Å²) in [5.74, 6) is 0.773. The number of esters is 1. The molecule has 0 aliphatic carbocycles. The van der Waals surface area contributed by atoms with Crippen LogP contribution in [0.2, 0.25) is 5.02 Å². The monoisotopic (exact) mass is 512 g/mol. The van der Waals surface area contributed by atoms with Crippen molar-refractivity contribution in [1.29, 1.82) is 0 Å². The molecule has 0 fully saturated rings. The Bertz CT molecular complexity index is 1250. The van der Waals surface area contributed by atoms with Crippen molar-refractivity contribution >= 4 is 29.7 Å². The van der Waals surface area contributed by atoms with Crippen LogP contribution < -0.4 is 29.1 Å². The summed E-state index contributed by atoms with van der Waals surface area (Å²) in [6.45, 7) is 1.63. The van der Waals surface area contributed by atoms with Crippen molar-refractivity contribution in [3.8, 4) is 28.7 Å². The minimum Gasteiger partial charge on any atom is -0.493 e. The molecule has 1 amide bonds. The van der Waals surface area contributed by atoms with Crippen LogP contribution in [0.1, 0.15) is 21.5 Å². The standard InChI is InChI=1S/C26H25ClN2O7/c1-16-10-19(8-9-21(16)27)35-15-24(30)29-28-14-17-6-5-7-20(11-17)36-26(31)18-12-22(32-2)25(34-4)23(13-18)33-3/h5-14H,15H2,1-4H3,(H,29,30)/b28-14+. The third-order valence-electron chi connectivity index (χ3n) is 4.87. The fourth-order valence-electron chi connectivity index (χ4n) is 3.09. The minimum absolute atomic E-state index is 0.215. The van der Waals surface area contributed by atoms with Gasteiger partial charge in [-0.2, -0.15) is 5.10 Å². The molecular formula is C26H25ClN2O7. The van der Waals surface area contributed by atoms with E-state index in [-0.39, 0.29) is 17.9 Å². The average molecular weight is 513 g/mol. The number of aryl methyl sites for hydroxylation is 1. The fourth-order valence-corrected chi connectivity index (χ4v) is 3.21. The Morgan fingerprint density at radius 1 is 0.944 bits per heavy atom. The van der Waals surface area contributed by atoms with E-state index in [0.29, 0.717) is 33.6 Å². The number of ether oxygens (including phenoxy) is 5. The smallest absolute Gasteiger partial charge is 0.343 e. The van der Waals surface area contributed by atoms with Gasteiger partial charge in [0.25, 0.3) is 5.91 Å². The van der Waals surface area contributed by atoms with Crippen LogP contribution in [0, 0.1) is 6.92 Å². The predicted octanol–water partition coefficient (Wildman–Crippen LogP) is 4.42. The minimum atomic E-state index is -0.619. The molecular weight excluding hydrogens is 488 g/mol. The molecule has 0 saturated carbocycles. The van der Waals surface area contributed by atoms with E-state index >= 15 is 0 Å². The van der Waals surface area contributed by atoms with E-state index in [0.717, 1.165) is 5.56 Å². The van der Waals surface area contributed by atoms with Crippen LogP contribution >= 0.6 is 11.6 Å². The Balaban J connectivity index is 1.59. The Kier molecular flexibility index (Phi) is 9.13. The maximum absolute atomic E-state index is 12.7. The predicted molar refractivity (Wildman–Crippen MR) is 135 cm³/mol. The first-order valence-electron chi connectivity index (χ1n) is 10.7. The maximum Gasteiger partial charge on any atom is 0.343 e. The third-order valence-corrected chi connectivity index (χ3v) is 5.30. The van der Waals surface area contributed by atoms with Crippen molar-refractivity contribution in [3.05, 3.63) is 76.3 Å². The molecule has 0 radical (unpaired) electrons. The number of hydrogen-bond donors (Lipinski definition) is 1. The van der Waals surface area contributed by atoms with Crippen LogP contribution in [0.5, 0.6) is 28.7 Å². The molecule has 10 heteroatoms. The number of hydrazone groups is 1. The third kappa shape index (κ3) is 6.89. The molecule has 0 unspecified atom stereocenters. The molecule has 1 N–H and O–H groups in total. The maximum atomic E-state index is 12.7. The number of carbonyl (C=O) groups is 2. The summed E-state index contributed by atoms with van der Waals surface area (Å²) in [5.41, 5.74) is 4.04. The van der Waals surface area contributed by atoms with Crippen molar-refractivity contribution in [2.24, 2.45) is 5.10 Å². The normalized spacial score (nSPS) is 10.6. The summed E-state index contributed by atoms with van der Waals surface area (Å²) >= 11 is 5.98. The van der Waals surface area contributed by atoms with E-state index in [9.17, 15) is 9.59 Å². The van der Waals surface area contributed by atoms with Crippen LogP contribution in [0.25, 0.3) is 0 Å². The SMILES string of the molecule is COc1cc(C(=O)Oc2cccc(/C=N/NC(=O)COc3ccc(Cl)c(C)c3)c2)cc(OC)c1OC. The Morgan fingerprint density at radius 2 is 1.67 bits per heavy atom. The zero-order valence-corrected chi connectivity index (χ0v) is 20.9. The second-order valence-corrected chi connectivity index (χ2v) is 7.78. The first-order valence-corrected chi connectivity index (χ1v) is 11.1. The summed E-state index contributed by atoms with van der Waals surface area (Å²) in [7, 11) is 4.39. The summed E-state index contributed by atoms with van der Waals surface area (Å²) in [5, 5.41) is 4.53. The summed E-state index contributed by atoms with van der Waals surface area (Å²) in [6, 6.07) is 14.7. The van der Waals surface area contributed by atoms with Crippen LogP contribution in [-0.4, -0.2) is 46.0 Å². The largest absolute Gasteiger partial charge is 0.493 e. The molecule has 3 aromatic rings. The first-order chi connectivity index (χ1) is 17.3. The van der Waals surface area contributed by atoms with Gasteiger partial charge >= 0.3 is 5.97 Å². The summed E-state index contributed by atoms with van der Waals surface area (Å²) in [6.07, 6.45) is 1.42. The number of rotatable bonds is 10. The molecule has 0 atom stereocenters. The number of nitrogens with zero attached hydrogens (tertiary/aromatic N) is 1. The highest BCUT2D eigenvalue weighted by atomic mass is 35.5. The van der Waals surface area contributed by atoms with Crippen LogP contribution in [0.15, 0.2) is 59.7 Å². The van der Waals surface area contributed by atoms with E-state index < -0.39 is 11.9 Å². The molecule has 188 valence electrons. The lowest BCUT2D eigenvalue weighted by molar-refractivity contribution is -0.123. The van der Waals surface area contributed by atoms with Gasteiger partial charge in [0.2, 0.25) is 5.75 Å². The topological polar surface area (TPSA) is 105 Å². The average Bonchev–Trinajstić information content (AvgIpc) is 2.88. The molecule has 9 nitrogen and oxygen atoms in total. The zero-order valence-electron chi connectivity index (χ0n) is 20.2. The number of methoxy groups -OCH3 is 3. The van der Waals surface area contributed by atoms with Gasteiger partial charge < -0.3 is 23.7 Å². The Morgan fingerprint density at radius 3 is 2.31 bits per heavy atom. The lowest BCUT2D eigenvalue weighted by Gasteiger charge is -2.13. The van der Waals surface area contributed by atoms with Gasteiger partial charge in [-0.25, -0.2) is 10.2 Å². The second kappa shape index (κ2) is 12.5. The first kappa shape index (κ1) is 26.4. The van der Waals surface area contributed by atoms with Gasteiger partial charge in [0.05, 0.1) is 33.1 Å². The quantitative estimate of drug-likeness (QED) is 0.185. The van der Waals surface area contributed by atoms with E-state index in [1.54, 1.807) is 42.5 Å². The number of halogens is 1. The van der Waals surface area contributed by atoms with Gasteiger partial charge in [-0.3, -0.25) is 4.79 Å². The molecule has 0 heterocycles. The van der Waals surface area contributed by atoms with E-state index in [2.05, 4.69) is 10.5 Å². The number of nitrogens with one attached hydrogen (secondary N) is 1. The van der Waals surface area contributed by atoms with Crippen LogP contribution in [0.3, 0.4) is 0 Å². The van der Waals surface area contributed by atoms with E-state index in [1.807, 2.05) is 6.92 Å². The number of carbonyl (C=O) groups excluding carboxylic acids is 2. The molecule has 3 rings (SSSR count). The molecule has 0 saturated heterocycles. The van der Waals surface area contributed by atoms with Crippen molar-refractivity contribution in [2.45, 2.75) is 6.92 Å². The number of hydrogen-bond acceptors (Lipinski definition) is 8. The molecule has 0 aliphatic heterocycles. The van der Waals surface area contributed by atoms with E-state index in [1.165, 1.54) is 39.7 Å². The lowest BCUT2D eigenvalue weighted by atomic mass is 10.1. The van der Waals surface area contributed by atoms with Crippen molar-refractivity contribution in [1.82, 2.24) is 5.43 Å². The molecule has 0 aromatic heterocycles. The summed E-state index contributed by atoms with van der Waals surface area (Å²) in [4.78, 5) is 24.7. The van der Waals surface area contributed by atoms with Gasteiger partial charge in [-0.1, -0.05) is 23.7 Å². The van der Waals surface area contributed by atoms with Crippen LogP contribution in [0.4, 0.5) is 0 Å². The van der Waals surface area contributed by atoms with Crippen molar-refractivity contribution < 1.29 is 33.3 Å². The van der Waals surface area contributed by atoms with Gasteiger partial charge in [0.1, 0.15) is 11.5 Å². The van der Waals surface area contributed by atoms with Gasteiger partial charge in [0.15, 0.2) is 18.1 Å². The van der Waals surface area contributed by atoms with Gasteiger partial charge in [0, 0.05) is 5.02 Å². The van der Waals surface area contributed by atoms with Crippen LogP contribution in [-0.2, 0) is 4.79 Å². The molecule has 0 spiro atoms. The molecule has 36 heavy (non-hydrogen) atoms. The Labute approximate surface area is 213 Å². The molecule has 0 bridgehead atoms. The highest BCUT2D eigenvalue weighted by molar-refractivity contribution is 6.31. The lowest BCUT2D eigenvalue weighted by Crippen LogP contribution is -2.24. The molecule has 0 aliphatic rings. The zero-order chi connectivity index (χ0) is 26.1. The highest BCUT2D eigenvalue weighted by Crippen LogP contribution is 2.38. The van der Waals surface area contributed by atoms with Gasteiger partial charge in [-0.05, 0) is 60.5 Å². The van der Waals surface area contributed by atoms with Gasteiger partial charge in [-0.15, -0.1) is 0 Å². The van der Waals surface area contributed by atoms with E-state index in [4.69, 9.17) is 35.3 Å². The fraction of sp³-hybridized carbons (Fsp3) is 0.192. The van der Waals surface area contributed by atoms with Crippen molar-refractivity contribution in [2.75, 3.05) is 27.9 Å². The molecule has 3 aromatic carbocycles. The second-order valence-electron chi connectivity index (χ2n) is 7.37. The Hall–Kier alpha value is -4.24. The van der Waals surface area contributed by atoms with Crippen molar-refractivity contribution in [3.63, 3.8) is 0 Å². The number of amides is 1. The summed E-state index contributed by atoms with van der Waals surface area (Å²) < 4.78 is 26.7. The highest BCUT2D eigenvalue weighted by Gasteiger charge is 2.18.